The van der Waals surface area contributed by atoms with E-state index in [2.05, 4.69) is 20.3 Å². The van der Waals surface area contributed by atoms with Crippen LogP contribution in [0.2, 0.25) is 0 Å². The molecule has 1 rings (SSSR count). The third-order valence-electron chi connectivity index (χ3n) is 1.42. The van der Waals surface area contributed by atoms with Crippen molar-refractivity contribution in [3.63, 3.8) is 0 Å². The summed E-state index contributed by atoms with van der Waals surface area (Å²) in [6, 6.07) is 1.59. The highest BCUT2D eigenvalue weighted by molar-refractivity contribution is 5.00. The molecule has 7 heteroatoms. The van der Waals surface area contributed by atoms with Crippen LogP contribution in [0.15, 0.2) is 12.3 Å². The molecule has 1 aromatic rings. The van der Waals surface area contributed by atoms with Crippen molar-refractivity contribution in [2.75, 3.05) is 6.61 Å². The van der Waals surface area contributed by atoms with Gasteiger partial charge in [-0.25, -0.2) is 9.97 Å². The van der Waals surface area contributed by atoms with Gasteiger partial charge in [0.2, 0.25) is 0 Å². The minimum absolute atomic E-state index is 0.111. The van der Waals surface area contributed by atoms with Gasteiger partial charge in [0.25, 0.3) is 0 Å². The third kappa shape index (κ3) is 5.28. The van der Waals surface area contributed by atoms with E-state index < -0.39 is 12.8 Å². The highest BCUT2D eigenvalue weighted by atomic mass is 19.4. The number of hydroxylamine groups is 1. The molecule has 0 saturated carbocycles. The summed E-state index contributed by atoms with van der Waals surface area (Å²) < 4.78 is 35.0. The number of hydrogen-bond donors (Lipinski definition) is 1. The monoisotopic (exact) mass is 221 g/mol. The predicted octanol–water partition coefficient (Wildman–Crippen LogP) is 1.37. The fraction of sp³-hybridized carbons (Fsp3) is 0.500. The van der Waals surface area contributed by atoms with Crippen LogP contribution in [-0.4, -0.2) is 22.8 Å². The van der Waals surface area contributed by atoms with Gasteiger partial charge in [-0.1, -0.05) is 0 Å². The normalized spacial score (nSPS) is 11.7. The van der Waals surface area contributed by atoms with Gasteiger partial charge >= 0.3 is 6.18 Å². The summed E-state index contributed by atoms with van der Waals surface area (Å²) in [5, 5.41) is 0. The maximum Gasteiger partial charge on any atom is 0.413 e. The van der Waals surface area contributed by atoms with Crippen LogP contribution in [0.25, 0.3) is 0 Å². The van der Waals surface area contributed by atoms with Crippen molar-refractivity contribution in [3.8, 4) is 0 Å². The van der Waals surface area contributed by atoms with E-state index in [0.717, 1.165) is 0 Å². The largest absolute Gasteiger partial charge is 0.413 e. The van der Waals surface area contributed by atoms with Gasteiger partial charge in [0.05, 0.1) is 12.2 Å². The van der Waals surface area contributed by atoms with Crippen LogP contribution in [0.1, 0.15) is 11.5 Å². The van der Waals surface area contributed by atoms with Crippen molar-refractivity contribution < 1.29 is 18.0 Å². The van der Waals surface area contributed by atoms with Crippen molar-refractivity contribution >= 4 is 0 Å². The minimum Gasteiger partial charge on any atom is -0.292 e. The van der Waals surface area contributed by atoms with Crippen molar-refractivity contribution in [1.82, 2.24) is 15.4 Å². The molecule has 0 radical (unpaired) electrons. The first-order valence-electron chi connectivity index (χ1n) is 4.17. The summed E-state index contributed by atoms with van der Waals surface area (Å²) in [6.07, 6.45) is -2.79. The second kappa shape index (κ2) is 5.04. The fourth-order valence-corrected chi connectivity index (χ4v) is 0.861. The van der Waals surface area contributed by atoms with E-state index in [1.54, 1.807) is 13.0 Å². The number of alkyl halides is 3. The smallest absolute Gasteiger partial charge is 0.292 e. The molecular weight excluding hydrogens is 211 g/mol. The molecule has 1 heterocycles. The Morgan fingerprint density at radius 3 is 2.80 bits per heavy atom. The van der Waals surface area contributed by atoms with Crippen molar-refractivity contribution in [3.05, 3.63) is 23.8 Å². The standard InChI is InChI=1S/C8H10F3N3O/c1-6-12-3-2-7(14-6)4-13-15-5-8(9,10)11/h2-3,13H,4-5H2,1H3. The van der Waals surface area contributed by atoms with Gasteiger partial charge in [-0.15, -0.1) is 0 Å². The van der Waals surface area contributed by atoms with Crippen LogP contribution in [0.5, 0.6) is 0 Å². The zero-order valence-corrected chi connectivity index (χ0v) is 8.01. The molecule has 1 aromatic heterocycles. The van der Waals surface area contributed by atoms with Crippen molar-refractivity contribution in [2.45, 2.75) is 19.6 Å². The Hall–Kier alpha value is -1.21. The zero-order valence-electron chi connectivity index (χ0n) is 8.01. The molecule has 0 aromatic carbocycles. The van der Waals surface area contributed by atoms with E-state index >= 15 is 0 Å². The highest BCUT2D eigenvalue weighted by Gasteiger charge is 2.27. The summed E-state index contributed by atoms with van der Waals surface area (Å²) in [4.78, 5) is 12.0. The average molecular weight is 221 g/mol. The third-order valence-corrected chi connectivity index (χ3v) is 1.42. The van der Waals surface area contributed by atoms with Gasteiger partial charge in [-0.2, -0.15) is 18.7 Å². The van der Waals surface area contributed by atoms with E-state index in [1.165, 1.54) is 6.20 Å². The van der Waals surface area contributed by atoms with Gasteiger partial charge < -0.3 is 0 Å². The second-order valence-corrected chi connectivity index (χ2v) is 2.82. The number of rotatable bonds is 4. The lowest BCUT2D eigenvalue weighted by Gasteiger charge is -2.07. The lowest BCUT2D eigenvalue weighted by atomic mass is 10.4. The molecular formula is C8H10F3N3O. The number of nitrogens with one attached hydrogen (secondary N) is 1. The lowest BCUT2D eigenvalue weighted by molar-refractivity contribution is -0.190. The average Bonchev–Trinajstić information content (AvgIpc) is 2.11. The first-order chi connectivity index (χ1) is 6.97. The van der Waals surface area contributed by atoms with Crippen LogP contribution in [0.3, 0.4) is 0 Å². The van der Waals surface area contributed by atoms with Crippen LogP contribution in [0, 0.1) is 6.92 Å². The van der Waals surface area contributed by atoms with E-state index in [1.807, 2.05) is 0 Å². The van der Waals surface area contributed by atoms with Gasteiger partial charge in [-0.05, 0) is 13.0 Å². The second-order valence-electron chi connectivity index (χ2n) is 2.82. The SMILES string of the molecule is Cc1nccc(CNOCC(F)(F)F)n1. The molecule has 0 unspecified atom stereocenters. The molecule has 0 aliphatic rings. The molecule has 0 spiro atoms. The highest BCUT2D eigenvalue weighted by Crippen LogP contribution is 2.13. The molecule has 0 fully saturated rings. The maximum atomic E-state index is 11.7. The summed E-state index contributed by atoms with van der Waals surface area (Å²) >= 11 is 0. The topological polar surface area (TPSA) is 47.0 Å². The Kier molecular flexibility index (Phi) is 3.98. The Balaban J connectivity index is 2.26. The Bertz CT molecular complexity index is 316. The van der Waals surface area contributed by atoms with Crippen LogP contribution < -0.4 is 5.48 Å². The quantitative estimate of drug-likeness (QED) is 0.616. The summed E-state index contributed by atoms with van der Waals surface area (Å²) in [5.41, 5.74) is 2.75. The first kappa shape index (κ1) is 11.9. The van der Waals surface area contributed by atoms with Crippen LogP contribution in [0.4, 0.5) is 13.2 Å². The molecule has 4 nitrogen and oxygen atoms in total. The summed E-state index contributed by atoms with van der Waals surface area (Å²) in [7, 11) is 0. The van der Waals surface area contributed by atoms with Gasteiger partial charge in [0.15, 0.2) is 6.61 Å². The maximum absolute atomic E-state index is 11.7. The molecule has 0 atom stereocenters. The van der Waals surface area contributed by atoms with E-state index in [-0.39, 0.29) is 6.54 Å². The van der Waals surface area contributed by atoms with Crippen LogP contribution >= 0.6 is 0 Å². The van der Waals surface area contributed by atoms with E-state index in [9.17, 15) is 13.2 Å². The lowest BCUT2D eigenvalue weighted by Crippen LogP contribution is -2.24. The molecule has 0 amide bonds. The minimum atomic E-state index is -4.32. The van der Waals surface area contributed by atoms with Crippen molar-refractivity contribution in [1.29, 1.82) is 0 Å². The van der Waals surface area contributed by atoms with E-state index in [4.69, 9.17) is 0 Å². The number of aryl methyl sites for hydroxylation is 1. The van der Waals surface area contributed by atoms with Gasteiger partial charge in [0.1, 0.15) is 5.82 Å². The molecule has 15 heavy (non-hydrogen) atoms. The summed E-state index contributed by atoms with van der Waals surface area (Å²) in [5.74, 6) is 0.560. The Morgan fingerprint density at radius 1 is 1.47 bits per heavy atom. The molecule has 0 bridgehead atoms. The van der Waals surface area contributed by atoms with E-state index in [0.29, 0.717) is 11.5 Å². The molecule has 84 valence electrons. The first-order valence-corrected chi connectivity index (χ1v) is 4.17. The zero-order chi connectivity index (χ0) is 11.3. The number of hydrogen-bond acceptors (Lipinski definition) is 4. The van der Waals surface area contributed by atoms with Crippen LogP contribution in [-0.2, 0) is 11.4 Å². The predicted molar refractivity (Wildman–Crippen MR) is 45.6 cm³/mol. The Morgan fingerprint density at radius 2 is 2.20 bits per heavy atom. The van der Waals surface area contributed by atoms with Gasteiger partial charge in [0, 0.05) is 6.20 Å². The fourth-order valence-electron chi connectivity index (χ4n) is 0.861. The molecule has 0 aliphatic carbocycles. The van der Waals surface area contributed by atoms with Gasteiger partial charge in [-0.3, -0.25) is 4.84 Å². The number of aromatic nitrogens is 2. The number of halogens is 3. The molecule has 0 aliphatic heterocycles. The van der Waals surface area contributed by atoms with Crippen molar-refractivity contribution in [2.24, 2.45) is 0 Å². The molecule has 0 saturated heterocycles. The Labute approximate surface area is 84.4 Å². The molecule has 1 N–H and O–H groups in total. The summed E-state index contributed by atoms with van der Waals surface area (Å²) in [6.45, 7) is 0.483. The number of nitrogens with zero attached hydrogens (tertiary/aromatic N) is 2.